The smallest absolute Gasteiger partial charge is 0.261 e. The lowest BCUT2D eigenvalue weighted by Crippen LogP contribution is -2.45. The van der Waals surface area contributed by atoms with Crippen molar-refractivity contribution < 1.29 is 13.2 Å². The molecule has 2 aromatic rings. The normalized spacial score (nSPS) is 17.0. The van der Waals surface area contributed by atoms with Gasteiger partial charge in [-0.1, -0.05) is 6.07 Å². The van der Waals surface area contributed by atoms with E-state index in [0.29, 0.717) is 24.3 Å². The van der Waals surface area contributed by atoms with E-state index < -0.39 is 10.0 Å². The Morgan fingerprint density at radius 2 is 1.79 bits per heavy atom. The number of benzene rings is 2. The van der Waals surface area contributed by atoms with Crippen LogP contribution in [0.4, 0.5) is 5.69 Å². The van der Waals surface area contributed by atoms with E-state index in [1.807, 2.05) is 13.8 Å². The highest BCUT2D eigenvalue weighted by Crippen LogP contribution is 2.20. The van der Waals surface area contributed by atoms with Crippen molar-refractivity contribution in [1.29, 1.82) is 0 Å². The highest BCUT2D eigenvalue weighted by Gasteiger charge is 2.22. The predicted molar refractivity (Wildman–Crippen MR) is 114 cm³/mol. The molecule has 1 aliphatic heterocycles. The molecule has 28 heavy (non-hydrogen) atoms. The summed E-state index contributed by atoms with van der Waals surface area (Å²) >= 11 is 0. The Morgan fingerprint density at radius 1 is 1.11 bits per heavy atom. The van der Waals surface area contributed by atoms with Crippen molar-refractivity contribution in [3.05, 3.63) is 59.2 Å². The molecule has 0 aliphatic carbocycles. The molecular weight excluding hydrogens is 398 g/mol. The van der Waals surface area contributed by atoms with Crippen molar-refractivity contribution in [2.45, 2.75) is 37.6 Å². The van der Waals surface area contributed by atoms with Crippen LogP contribution in [-0.2, 0) is 10.0 Å². The number of anilines is 1. The first-order chi connectivity index (χ1) is 12.8. The van der Waals surface area contributed by atoms with E-state index in [4.69, 9.17) is 5.73 Å². The fourth-order valence-corrected chi connectivity index (χ4v) is 4.30. The Morgan fingerprint density at radius 3 is 2.39 bits per heavy atom. The molecule has 0 radical (unpaired) electrons. The Kier molecular flexibility index (Phi) is 7.09. The largest absolute Gasteiger partial charge is 0.337 e. The molecule has 0 bridgehead atoms. The van der Waals surface area contributed by atoms with Crippen LogP contribution >= 0.6 is 12.4 Å². The van der Waals surface area contributed by atoms with Crippen LogP contribution in [0.5, 0.6) is 0 Å². The average molecular weight is 424 g/mol. The Hall–Kier alpha value is -2.09. The minimum Gasteiger partial charge on any atom is -0.337 e. The second-order valence-corrected chi connectivity index (χ2v) is 8.76. The molecule has 1 heterocycles. The number of nitrogens with two attached hydrogens (primary N) is 1. The molecule has 3 N–H and O–H groups in total. The quantitative estimate of drug-likeness (QED) is 0.790. The summed E-state index contributed by atoms with van der Waals surface area (Å²) < 4.78 is 27.7. The third-order valence-corrected chi connectivity index (χ3v) is 6.30. The molecule has 0 saturated carbocycles. The monoisotopic (exact) mass is 423 g/mol. The molecule has 0 spiro atoms. The van der Waals surface area contributed by atoms with E-state index in [0.717, 1.165) is 24.0 Å². The van der Waals surface area contributed by atoms with E-state index in [-0.39, 0.29) is 29.3 Å². The number of hydrogen-bond donors (Lipinski definition) is 2. The summed E-state index contributed by atoms with van der Waals surface area (Å²) in [6.45, 7) is 5.07. The summed E-state index contributed by atoms with van der Waals surface area (Å²) in [6, 6.07) is 11.5. The van der Waals surface area contributed by atoms with Crippen LogP contribution in [0.25, 0.3) is 0 Å². The lowest BCUT2D eigenvalue weighted by molar-refractivity contribution is 0.0709. The van der Waals surface area contributed by atoms with Gasteiger partial charge in [-0.05, 0) is 74.2 Å². The van der Waals surface area contributed by atoms with Gasteiger partial charge < -0.3 is 10.6 Å². The summed E-state index contributed by atoms with van der Waals surface area (Å²) in [5, 5.41) is 0. The number of aryl methyl sites for hydroxylation is 2. The lowest BCUT2D eigenvalue weighted by Gasteiger charge is -2.30. The second-order valence-electron chi connectivity index (χ2n) is 7.08. The third kappa shape index (κ3) is 5.04. The Balaban J connectivity index is 0.00000280. The van der Waals surface area contributed by atoms with Crippen molar-refractivity contribution in [2.75, 3.05) is 17.8 Å². The number of likely N-dealkylation sites (tertiary alicyclic amines) is 1. The van der Waals surface area contributed by atoms with Gasteiger partial charge in [0, 0.05) is 30.4 Å². The molecule has 1 amide bonds. The van der Waals surface area contributed by atoms with Crippen molar-refractivity contribution in [3.63, 3.8) is 0 Å². The van der Waals surface area contributed by atoms with Crippen LogP contribution in [0.1, 0.15) is 34.3 Å². The Bertz CT molecular complexity index is 946. The van der Waals surface area contributed by atoms with Crippen LogP contribution in [0.15, 0.2) is 47.4 Å². The highest BCUT2D eigenvalue weighted by molar-refractivity contribution is 7.92. The number of carbonyl (C=O) groups excluding carboxylic acids is 1. The van der Waals surface area contributed by atoms with Gasteiger partial charge in [0.15, 0.2) is 0 Å². The molecular formula is C20H26ClN3O3S. The molecule has 8 heteroatoms. The maximum Gasteiger partial charge on any atom is 0.261 e. The SMILES string of the molecule is Cc1ccc(S(=O)(=O)Nc2ccc(C(=O)N3CCCC(N)C3)cc2)cc1C.Cl. The zero-order valence-electron chi connectivity index (χ0n) is 16.0. The van der Waals surface area contributed by atoms with Gasteiger partial charge in [0.05, 0.1) is 4.90 Å². The van der Waals surface area contributed by atoms with E-state index in [1.165, 1.54) is 0 Å². The van der Waals surface area contributed by atoms with E-state index in [9.17, 15) is 13.2 Å². The molecule has 6 nitrogen and oxygen atoms in total. The van der Waals surface area contributed by atoms with Gasteiger partial charge >= 0.3 is 0 Å². The summed E-state index contributed by atoms with van der Waals surface area (Å²) in [6.07, 6.45) is 1.84. The maximum atomic E-state index is 12.6. The second kappa shape index (κ2) is 8.94. The van der Waals surface area contributed by atoms with E-state index in [1.54, 1.807) is 47.4 Å². The molecule has 2 aromatic carbocycles. The third-order valence-electron chi connectivity index (χ3n) is 4.92. The fourth-order valence-electron chi connectivity index (χ4n) is 3.15. The Labute approximate surface area is 172 Å². The number of amides is 1. The van der Waals surface area contributed by atoms with E-state index >= 15 is 0 Å². The molecule has 3 rings (SSSR count). The predicted octanol–water partition coefficient (Wildman–Crippen LogP) is 3.09. The number of nitrogens with one attached hydrogen (secondary N) is 1. The van der Waals surface area contributed by atoms with Gasteiger partial charge in [0.1, 0.15) is 0 Å². The summed E-state index contributed by atoms with van der Waals surface area (Å²) in [4.78, 5) is 14.5. The van der Waals surface area contributed by atoms with Crippen LogP contribution < -0.4 is 10.5 Å². The molecule has 1 aliphatic rings. The topological polar surface area (TPSA) is 92.5 Å². The number of carbonyl (C=O) groups is 1. The van der Waals surface area contributed by atoms with Crippen molar-refractivity contribution in [3.8, 4) is 0 Å². The van der Waals surface area contributed by atoms with Crippen molar-refractivity contribution in [2.24, 2.45) is 5.73 Å². The number of hydrogen-bond acceptors (Lipinski definition) is 4. The lowest BCUT2D eigenvalue weighted by atomic mass is 10.1. The summed E-state index contributed by atoms with van der Waals surface area (Å²) in [5.41, 5.74) is 8.83. The summed E-state index contributed by atoms with van der Waals surface area (Å²) in [5.74, 6) is -0.0753. The van der Waals surface area contributed by atoms with Gasteiger partial charge in [-0.2, -0.15) is 0 Å². The van der Waals surface area contributed by atoms with Gasteiger partial charge in [-0.3, -0.25) is 9.52 Å². The minimum absolute atomic E-state index is 0. The highest BCUT2D eigenvalue weighted by atomic mass is 35.5. The molecule has 152 valence electrons. The van der Waals surface area contributed by atoms with Gasteiger partial charge in [0.25, 0.3) is 15.9 Å². The number of sulfonamides is 1. The van der Waals surface area contributed by atoms with Crippen LogP contribution in [0, 0.1) is 13.8 Å². The molecule has 1 atom stereocenters. The van der Waals surface area contributed by atoms with Crippen LogP contribution in [0.3, 0.4) is 0 Å². The van der Waals surface area contributed by atoms with Gasteiger partial charge in [-0.15, -0.1) is 12.4 Å². The van der Waals surface area contributed by atoms with Gasteiger partial charge in [0.2, 0.25) is 0 Å². The number of nitrogens with zero attached hydrogens (tertiary/aromatic N) is 1. The standard InChI is InChI=1S/C20H25N3O3S.ClH/c1-14-5-10-19(12-15(14)2)27(25,26)22-18-8-6-16(7-9-18)20(24)23-11-3-4-17(21)13-23;/h5-10,12,17,22H,3-4,11,13,21H2,1-2H3;1H. The van der Waals surface area contributed by atoms with Crippen LogP contribution in [0.2, 0.25) is 0 Å². The zero-order valence-corrected chi connectivity index (χ0v) is 17.6. The molecule has 0 aromatic heterocycles. The molecule has 1 saturated heterocycles. The first-order valence-electron chi connectivity index (χ1n) is 9.01. The van der Waals surface area contributed by atoms with E-state index in [2.05, 4.69) is 4.72 Å². The first kappa shape index (κ1) is 22.2. The van der Waals surface area contributed by atoms with Crippen molar-refractivity contribution in [1.82, 2.24) is 4.90 Å². The first-order valence-corrected chi connectivity index (χ1v) is 10.5. The number of piperidine rings is 1. The maximum absolute atomic E-state index is 12.6. The molecule has 1 fully saturated rings. The minimum atomic E-state index is -3.68. The van der Waals surface area contributed by atoms with Crippen molar-refractivity contribution >= 4 is 34.0 Å². The number of rotatable bonds is 4. The average Bonchev–Trinajstić information content (AvgIpc) is 2.63. The zero-order chi connectivity index (χ0) is 19.6. The van der Waals surface area contributed by atoms with Gasteiger partial charge in [-0.25, -0.2) is 8.42 Å². The fraction of sp³-hybridized carbons (Fsp3) is 0.350. The number of halogens is 1. The molecule has 1 unspecified atom stereocenters. The summed E-state index contributed by atoms with van der Waals surface area (Å²) in [7, 11) is -3.68. The van der Waals surface area contributed by atoms with Crippen LogP contribution in [-0.4, -0.2) is 38.4 Å².